The molecular weight excluding hydrogens is 390 g/mol. The Morgan fingerprint density at radius 2 is 1.97 bits per heavy atom. The summed E-state index contributed by atoms with van der Waals surface area (Å²) in [5, 5.41) is 7.61. The van der Waals surface area contributed by atoms with Crippen molar-refractivity contribution in [2.45, 2.75) is 136 Å². The summed E-state index contributed by atoms with van der Waals surface area (Å²) in [4.78, 5) is 17.3. The molecule has 2 atom stereocenters. The molecule has 1 N–H and O–H groups in total. The zero-order chi connectivity index (χ0) is 22.7. The molecule has 1 aromatic heterocycles. The molecule has 0 radical (unpaired) electrons. The number of aromatic nitrogens is 2. The molecular formula is C25H45N3O3. The molecule has 31 heavy (non-hydrogen) atoms. The lowest BCUT2D eigenvalue weighted by atomic mass is 9.84. The van der Waals surface area contributed by atoms with Crippen LogP contribution in [0.5, 0.6) is 0 Å². The quantitative estimate of drug-likeness (QED) is 0.345. The molecule has 0 aliphatic heterocycles. The first-order valence-electron chi connectivity index (χ1n) is 12.6. The van der Waals surface area contributed by atoms with Crippen molar-refractivity contribution < 1.29 is 14.1 Å². The van der Waals surface area contributed by atoms with Crippen LogP contribution in [0, 0.1) is 5.92 Å². The van der Waals surface area contributed by atoms with Gasteiger partial charge in [0.2, 0.25) is 5.89 Å². The number of carbonyl (C=O) groups is 1. The van der Waals surface area contributed by atoms with Crippen molar-refractivity contribution >= 4 is 5.97 Å². The molecule has 1 saturated carbocycles. The molecule has 6 nitrogen and oxygen atoms in total. The fraction of sp³-hybridized carbons (Fsp3) is 0.880. The Bertz CT molecular complexity index is 638. The zero-order valence-corrected chi connectivity index (χ0v) is 20.5. The van der Waals surface area contributed by atoms with E-state index >= 15 is 0 Å². The summed E-state index contributed by atoms with van der Waals surface area (Å²) in [5.74, 6) is 1.83. The van der Waals surface area contributed by atoms with Gasteiger partial charge in [-0.05, 0) is 46.0 Å². The van der Waals surface area contributed by atoms with E-state index in [2.05, 4.69) is 29.3 Å². The lowest BCUT2D eigenvalue weighted by molar-refractivity contribution is -0.157. The monoisotopic (exact) mass is 435 g/mol. The van der Waals surface area contributed by atoms with Gasteiger partial charge in [0.1, 0.15) is 5.60 Å². The van der Waals surface area contributed by atoms with E-state index in [4.69, 9.17) is 9.26 Å². The largest absolute Gasteiger partial charge is 0.460 e. The number of nitrogens with zero attached hydrogens (tertiary/aromatic N) is 2. The average Bonchev–Trinajstić information content (AvgIpc) is 3.21. The van der Waals surface area contributed by atoms with Crippen LogP contribution in [0.3, 0.4) is 0 Å². The van der Waals surface area contributed by atoms with Gasteiger partial charge < -0.3 is 14.6 Å². The maximum atomic E-state index is 12.6. The first-order chi connectivity index (χ1) is 14.8. The lowest BCUT2D eigenvalue weighted by Gasteiger charge is -2.25. The lowest BCUT2D eigenvalue weighted by Crippen LogP contribution is -2.28. The fourth-order valence-electron chi connectivity index (χ4n) is 4.37. The Kier molecular flexibility index (Phi) is 11.0. The second-order valence-corrected chi connectivity index (χ2v) is 10.0. The molecule has 1 aliphatic rings. The summed E-state index contributed by atoms with van der Waals surface area (Å²) in [6, 6.07) is 0.421. The molecule has 2 unspecified atom stereocenters. The molecule has 6 heteroatoms. The molecule has 0 spiro atoms. The van der Waals surface area contributed by atoms with Crippen molar-refractivity contribution in [2.24, 2.45) is 5.92 Å². The summed E-state index contributed by atoms with van der Waals surface area (Å²) in [6.07, 6.45) is 13.4. The molecule has 1 fully saturated rings. The summed E-state index contributed by atoms with van der Waals surface area (Å²) in [6.45, 7) is 10.9. The first-order valence-corrected chi connectivity index (χ1v) is 12.6. The topological polar surface area (TPSA) is 77.2 Å². The normalized spacial score (nSPS) is 17.5. The van der Waals surface area contributed by atoms with Crippen LogP contribution in [0.15, 0.2) is 4.52 Å². The standard InChI is InChI=1S/C25H45N3O3/c1-6-12-19(3)26-18-22-27-24(31-28-22)21(17-23(29)30-25(4,5)7-2)16-11-15-20-13-9-8-10-14-20/h19-21,26H,6-18H2,1-5H3. The Morgan fingerprint density at radius 1 is 1.23 bits per heavy atom. The van der Waals surface area contributed by atoms with Crippen molar-refractivity contribution in [2.75, 3.05) is 0 Å². The number of rotatable bonds is 14. The molecule has 1 aliphatic carbocycles. The highest BCUT2D eigenvalue weighted by Gasteiger charge is 2.27. The molecule has 178 valence electrons. The number of hydrogen-bond acceptors (Lipinski definition) is 6. The van der Waals surface area contributed by atoms with Gasteiger partial charge in [-0.2, -0.15) is 4.98 Å². The highest BCUT2D eigenvalue weighted by atomic mass is 16.6. The predicted octanol–water partition coefficient (Wildman–Crippen LogP) is 6.30. The summed E-state index contributed by atoms with van der Waals surface area (Å²) < 4.78 is 11.3. The van der Waals surface area contributed by atoms with E-state index in [0.29, 0.717) is 30.7 Å². The van der Waals surface area contributed by atoms with Crippen molar-refractivity contribution in [3.8, 4) is 0 Å². The SMILES string of the molecule is CCCC(C)NCc1noc(C(CCCC2CCCCC2)CC(=O)OC(C)(C)CC)n1. The molecule has 1 heterocycles. The third-order valence-electron chi connectivity index (χ3n) is 6.71. The van der Waals surface area contributed by atoms with Gasteiger partial charge in [0, 0.05) is 12.0 Å². The molecule has 0 amide bonds. The highest BCUT2D eigenvalue weighted by Crippen LogP contribution is 2.31. The van der Waals surface area contributed by atoms with Crippen LogP contribution in [0.2, 0.25) is 0 Å². The minimum absolute atomic E-state index is 0.0712. The maximum Gasteiger partial charge on any atom is 0.307 e. The van der Waals surface area contributed by atoms with E-state index in [1.807, 2.05) is 20.8 Å². The zero-order valence-electron chi connectivity index (χ0n) is 20.5. The van der Waals surface area contributed by atoms with Crippen LogP contribution in [0.4, 0.5) is 0 Å². The molecule has 0 bridgehead atoms. The number of carbonyl (C=O) groups excluding carboxylic acids is 1. The van der Waals surface area contributed by atoms with Gasteiger partial charge in [0.25, 0.3) is 0 Å². The number of hydrogen-bond donors (Lipinski definition) is 1. The fourth-order valence-corrected chi connectivity index (χ4v) is 4.37. The van der Waals surface area contributed by atoms with Crippen molar-refractivity contribution in [3.63, 3.8) is 0 Å². The van der Waals surface area contributed by atoms with Crippen LogP contribution in [-0.4, -0.2) is 27.8 Å². The Labute approximate surface area is 189 Å². The Balaban J connectivity index is 1.96. The molecule has 0 aromatic carbocycles. The van der Waals surface area contributed by atoms with Gasteiger partial charge in [0.05, 0.1) is 13.0 Å². The molecule has 2 rings (SSSR count). The Morgan fingerprint density at radius 3 is 2.65 bits per heavy atom. The average molecular weight is 436 g/mol. The van der Waals surface area contributed by atoms with Gasteiger partial charge in [-0.15, -0.1) is 0 Å². The minimum Gasteiger partial charge on any atom is -0.460 e. The summed E-state index contributed by atoms with van der Waals surface area (Å²) >= 11 is 0. The van der Waals surface area contributed by atoms with Gasteiger partial charge in [-0.3, -0.25) is 4.79 Å². The minimum atomic E-state index is -0.441. The highest BCUT2D eigenvalue weighted by molar-refractivity contribution is 5.70. The van der Waals surface area contributed by atoms with Crippen LogP contribution in [0.25, 0.3) is 0 Å². The third-order valence-corrected chi connectivity index (χ3v) is 6.71. The van der Waals surface area contributed by atoms with E-state index in [9.17, 15) is 4.79 Å². The van der Waals surface area contributed by atoms with Crippen LogP contribution in [0.1, 0.15) is 129 Å². The molecule has 1 aromatic rings. The third kappa shape index (κ3) is 9.71. The van der Waals surface area contributed by atoms with Gasteiger partial charge >= 0.3 is 5.97 Å². The van der Waals surface area contributed by atoms with Gasteiger partial charge in [-0.25, -0.2) is 0 Å². The van der Waals surface area contributed by atoms with Gasteiger partial charge in [-0.1, -0.05) is 70.4 Å². The Hall–Kier alpha value is -1.43. The number of nitrogens with one attached hydrogen (secondary N) is 1. The second-order valence-electron chi connectivity index (χ2n) is 10.0. The van der Waals surface area contributed by atoms with Crippen molar-refractivity contribution in [3.05, 3.63) is 11.7 Å². The van der Waals surface area contributed by atoms with Crippen molar-refractivity contribution in [1.82, 2.24) is 15.5 Å². The van der Waals surface area contributed by atoms with E-state index in [1.54, 1.807) is 0 Å². The van der Waals surface area contributed by atoms with Crippen LogP contribution >= 0.6 is 0 Å². The smallest absolute Gasteiger partial charge is 0.307 e. The number of ether oxygens (including phenoxy) is 1. The van der Waals surface area contributed by atoms with Crippen LogP contribution < -0.4 is 5.32 Å². The van der Waals surface area contributed by atoms with E-state index in [0.717, 1.165) is 38.0 Å². The van der Waals surface area contributed by atoms with Gasteiger partial charge in [0.15, 0.2) is 5.82 Å². The second kappa shape index (κ2) is 13.2. The summed E-state index contributed by atoms with van der Waals surface area (Å²) in [5.41, 5.74) is -0.441. The van der Waals surface area contributed by atoms with E-state index in [1.165, 1.54) is 38.5 Å². The maximum absolute atomic E-state index is 12.6. The number of esters is 1. The summed E-state index contributed by atoms with van der Waals surface area (Å²) in [7, 11) is 0. The molecule has 0 saturated heterocycles. The van der Waals surface area contributed by atoms with Crippen molar-refractivity contribution in [1.29, 1.82) is 0 Å². The first kappa shape index (κ1) is 25.8. The van der Waals surface area contributed by atoms with E-state index in [-0.39, 0.29) is 11.9 Å². The van der Waals surface area contributed by atoms with Crippen LogP contribution in [-0.2, 0) is 16.1 Å². The predicted molar refractivity (Wildman–Crippen MR) is 124 cm³/mol. The van der Waals surface area contributed by atoms with E-state index < -0.39 is 5.60 Å².